The van der Waals surface area contributed by atoms with Gasteiger partial charge in [0, 0.05) is 24.3 Å². The number of carbonyl (C=O) groups is 1. The molecule has 4 heteroatoms. The minimum atomic E-state index is -0.0374. The number of carbonyl (C=O) groups excluding carboxylic acids is 1. The molecule has 0 radical (unpaired) electrons. The van der Waals surface area contributed by atoms with E-state index in [0.29, 0.717) is 11.7 Å². The lowest BCUT2D eigenvalue weighted by atomic mass is 9.87. The molecule has 3 nitrogen and oxygen atoms in total. The highest BCUT2D eigenvalue weighted by Gasteiger charge is 2.18. The van der Waals surface area contributed by atoms with Crippen LogP contribution in [0.4, 0.5) is 0 Å². The fourth-order valence-corrected chi connectivity index (χ4v) is 1.76. The van der Waals surface area contributed by atoms with Gasteiger partial charge in [0.25, 0.3) is 0 Å². The first-order valence-corrected chi connectivity index (χ1v) is 7.08. The minimum absolute atomic E-state index is 0.0374. The summed E-state index contributed by atoms with van der Waals surface area (Å²) in [6, 6.07) is -0.0374. The van der Waals surface area contributed by atoms with Gasteiger partial charge < -0.3 is 11.1 Å². The van der Waals surface area contributed by atoms with Gasteiger partial charge in [0.2, 0.25) is 5.91 Å². The van der Waals surface area contributed by atoms with Gasteiger partial charge >= 0.3 is 0 Å². The van der Waals surface area contributed by atoms with Crippen LogP contribution in [0.5, 0.6) is 0 Å². The average Bonchev–Trinajstić information content (AvgIpc) is 2.10. The molecule has 0 saturated carbocycles. The van der Waals surface area contributed by atoms with E-state index in [-0.39, 0.29) is 17.4 Å². The van der Waals surface area contributed by atoms with Gasteiger partial charge in [0.1, 0.15) is 0 Å². The van der Waals surface area contributed by atoms with Gasteiger partial charge in [-0.15, -0.1) is 0 Å². The largest absolute Gasteiger partial charge is 0.355 e. The van der Waals surface area contributed by atoms with Crippen LogP contribution in [0.15, 0.2) is 0 Å². The molecule has 2 unspecified atom stereocenters. The van der Waals surface area contributed by atoms with Gasteiger partial charge in [-0.05, 0) is 18.1 Å². The van der Waals surface area contributed by atoms with E-state index in [9.17, 15) is 4.79 Å². The Bertz CT molecular complexity index is 214. The molecular weight excluding hydrogens is 220 g/mol. The molecule has 0 aliphatic heterocycles. The van der Waals surface area contributed by atoms with Gasteiger partial charge in [0.05, 0.1) is 0 Å². The highest BCUT2D eigenvalue weighted by molar-refractivity contribution is 7.99. The van der Waals surface area contributed by atoms with Crippen LogP contribution in [0.1, 0.15) is 40.5 Å². The second-order valence-electron chi connectivity index (χ2n) is 5.58. The first-order valence-electron chi connectivity index (χ1n) is 5.79. The molecule has 0 aromatic carbocycles. The van der Waals surface area contributed by atoms with Crippen LogP contribution in [-0.2, 0) is 4.79 Å². The summed E-state index contributed by atoms with van der Waals surface area (Å²) >= 11 is 1.75. The number of nitrogens with one attached hydrogen (secondary N) is 1. The summed E-state index contributed by atoms with van der Waals surface area (Å²) in [5.74, 6) is 0.0673. The standard InChI is InChI=1S/C12H26N2OS/c1-9(16-5)8-14-11(15)6-10(13)7-12(2,3)4/h9-10H,6-8,13H2,1-5H3,(H,14,15). The highest BCUT2D eigenvalue weighted by atomic mass is 32.2. The first-order chi connectivity index (χ1) is 7.24. The predicted molar refractivity (Wildman–Crippen MR) is 72.7 cm³/mol. The number of nitrogens with two attached hydrogens (primary N) is 1. The zero-order valence-corrected chi connectivity index (χ0v) is 12.0. The highest BCUT2D eigenvalue weighted by Crippen LogP contribution is 2.20. The molecule has 2 atom stereocenters. The Hall–Kier alpha value is -0.220. The summed E-state index contributed by atoms with van der Waals surface area (Å²) in [4.78, 5) is 11.6. The van der Waals surface area contributed by atoms with Crippen molar-refractivity contribution in [2.75, 3.05) is 12.8 Å². The van der Waals surface area contributed by atoms with Gasteiger partial charge in [-0.3, -0.25) is 4.79 Å². The van der Waals surface area contributed by atoms with E-state index in [0.717, 1.165) is 13.0 Å². The molecule has 1 amide bonds. The lowest BCUT2D eigenvalue weighted by Gasteiger charge is -2.22. The minimum Gasteiger partial charge on any atom is -0.355 e. The Morgan fingerprint density at radius 1 is 1.44 bits per heavy atom. The van der Waals surface area contributed by atoms with Crippen LogP contribution in [0.3, 0.4) is 0 Å². The third-order valence-electron chi connectivity index (χ3n) is 2.31. The Kier molecular flexibility index (Phi) is 7.07. The van der Waals surface area contributed by atoms with Gasteiger partial charge in [-0.1, -0.05) is 27.7 Å². The number of thioether (sulfide) groups is 1. The number of rotatable bonds is 6. The molecule has 16 heavy (non-hydrogen) atoms. The summed E-state index contributed by atoms with van der Waals surface area (Å²) in [6.07, 6.45) is 3.35. The van der Waals surface area contributed by atoms with Crippen molar-refractivity contribution in [3.05, 3.63) is 0 Å². The van der Waals surface area contributed by atoms with E-state index in [1.807, 2.05) is 6.26 Å². The lowest BCUT2D eigenvalue weighted by Crippen LogP contribution is -2.36. The molecule has 96 valence electrons. The van der Waals surface area contributed by atoms with Crippen molar-refractivity contribution in [3.63, 3.8) is 0 Å². The van der Waals surface area contributed by atoms with E-state index in [2.05, 4.69) is 33.0 Å². The van der Waals surface area contributed by atoms with Crippen LogP contribution in [0.2, 0.25) is 0 Å². The van der Waals surface area contributed by atoms with Crippen molar-refractivity contribution >= 4 is 17.7 Å². The van der Waals surface area contributed by atoms with Crippen molar-refractivity contribution in [2.45, 2.75) is 51.8 Å². The maximum atomic E-state index is 11.6. The van der Waals surface area contributed by atoms with Gasteiger partial charge in [0.15, 0.2) is 0 Å². The fourth-order valence-electron chi connectivity index (χ4n) is 1.51. The SMILES string of the molecule is CSC(C)CNC(=O)CC(N)CC(C)(C)C. The van der Waals surface area contributed by atoms with Crippen molar-refractivity contribution in [2.24, 2.45) is 11.1 Å². The first kappa shape index (κ1) is 15.8. The Balaban J connectivity index is 3.79. The monoisotopic (exact) mass is 246 g/mol. The van der Waals surface area contributed by atoms with Crippen molar-refractivity contribution in [1.82, 2.24) is 5.32 Å². The van der Waals surface area contributed by atoms with E-state index < -0.39 is 0 Å². The van der Waals surface area contributed by atoms with Crippen molar-refractivity contribution in [1.29, 1.82) is 0 Å². The van der Waals surface area contributed by atoms with Crippen LogP contribution in [0, 0.1) is 5.41 Å². The zero-order chi connectivity index (χ0) is 12.8. The Morgan fingerprint density at radius 2 is 2.00 bits per heavy atom. The molecule has 0 aliphatic rings. The number of hydrogen-bond acceptors (Lipinski definition) is 3. The molecule has 0 fully saturated rings. The van der Waals surface area contributed by atoms with Crippen LogP contribution in [0.25, 0.3) is 0 Å². The molecule has 0 aromatic rings. The summed E-state index contributed by atoms with van der Waals surface area (Å²) in [7, 11) is 0. The summed E-state index contributed by atoms with van der Waals surface area (Å²) < 4.78 is 0. The predicted octanol–water partition coefficient (Wildman–Crippen LogP) is 2.01. The number of hydrogen-bond donors (Lipinski definition) is 2. The van der Waals surface area contributed by atoms with Crippen LogP contribution < -0.4 is 11.1 Å². The van der Waals surface area contributed by atoms with E-state index in [1.165, 1.54) is 0 Å². The topological polar surface area (TPSA) is 55.1 Å². The molecule has 0 bridgehead atoms. The second-order valence-corrected chi connectivity index (χ2v) is 6.86. The number of amides is 1. The maximum absolute atomic E-state index is 11.6. The normalized spacial score (nSPS) is 15.6. The van der Waals surface area contributed by atoms with Crippen LogP contribution >= 0.6 is 11.8 Å². The van der Waals surface area contributed by atoms with Crippen molar-refractivity contribution in [3.8, 4) is 0 Å². The van der Waals surface area contributed by atoms with E-state index >= 15 is 0 Å². The molecule has 3 N–H and O–H groups in total. The zero-order valence-electron chi connectivity index (χ0n) is 11.2. The van der Waals surface area contributed by atoms with E-state index in [4.69, 9.17) is 5.73 Å². The van der Waals surface area contributed by atoms with Gasteiger partial charge in [-0.2, -0.15) is 11.8 Å². The third kappa shape index (κ3) is 9.04. The summed E-state index contributed by atoms with van der Waals surface area (Å²) in [5, 5.41) is 3.37. The summed E-state index contributed by atoms with van der Waals surface area (Å²) in [5.41, 5.74) is 6.12. The van der Waals surface area contributed by atoms with Crippen LogP contribution in [-0.4, -0.2) is 30.0 Å². The molecule has 0 aromatic heterocycles. The molecular formula is C12H26N2OS. The smallest absolute Gasteiger partial charge is 0.221 e. The molecule has 0 rings (SSSR count). The quantitative estimate of drug-likeness (QED) is 0.754. The van der Waals surface area contributed by atoms with E-state index in [1.54, 1.807) is 11.8 Å². The molecule has 0 heterocycles. The summed E-state index contributed by atoms with van der Waals surface area (Å²) in [6.45, 7) is 9.24. The average molecular weight is 246 g/mol. The Labute approximate surface area is 104 Å². The molecule has 0 spiro atoms. The third-order valence-corrected chi connectivity index (χ3v) is 3.28. The molecule has 0 saturated heterocycles. The Morgan fingerprint density at radius 3 is 2.44 bits per heavy atom. The van der Waals surface area contributed by atoms with Crippen molar-refractivity contribution < 1.29 is 4.79 Å². The lowest BCUT2D eigenvalue weighted by molar-refractivity contribution is -0.121. The maximum Gasteiger partial charge on any atom is 0.221 e. The second kappa shape index (κ2) is 7.17. The fraction of sp³-hybridized carbons (Fsp3) is 0.917. The van der Waals surface area contributed by atoms with Gasteiger partial charge in [-0.25, -0.2) is 0 Å². The molecule has 0 aliphatic carbocycles.